The maximum atomic E-state index is 11.7. The van der Waals surface area contributed by atoms with Crippen LogP contribution in [0.15, 0.2) is 12.4 Å². The molecule has 0 unspecified atom stereocenters. The first-order valence-corrected chi connectivity index (χ1v) is 4.86. The van der Waals surface area contributed by atoms with Gasteiger partial charge in [0.2, 0.25) is 5.91 Å². The van der Waals surface area contributed by atoms with E-state index in [-0.39, 0.29) is 25.5 Å². The Kier molecular flexibility index (Phi) is 4.95. The Morgan fingerprint density at radius 2 is 2.29 bits per heavy atom. The first-order chi connectivity index (χ1) is 7.97. The smallest absolute Gasteiger partial charge is 0.372 e. The molecule has 0 aliphatic heterocycles. The number of rotatable bonds is 6. The molecule has 96 valence electrons. The number of aromatic nitrogens is 2. The van der Waals surface area contributed by atoms with Crippen LogP contribution in [0.5, 0.6) is 0 Å². The molecule has 0 bridgehead atoms. The average Bonchev–Trinajstić information content (AvgIpc) is 2.73. The molecule has 2 N–H and O–H groups in total. The van der Waals surface area contributed by atoms with Gasteiger partial charge in [0.15, 0.2) is 0 Å². The molecule has 1 amide bonds. The molecular weight excluding hydrogens is 239 g/mol. The number of halogens is 3. The zero-order chi connectivity index (χ0) is 12.7. The van der Waals surface area contributed by atoms with Gasteiger partial charge in [0.25, 0.3) is 0 Å². The number of nitrogens with zero attached hydrogens (tertiary/aromatic N) is 1. The molecule has 0 fully saturated rings. The third-order valence-electron chi connectivity index (χ3n) is 1.78. The normalized spacial score (nSPS) is 11.5. The second-order valence-electron chi connectivity index (χ2n) is 3.30. The minimum atomic E-state index is -4.35. The van der Waals surface area contributed by atoms with Gasteiger partial charge >= 0.3 is 6.18 Å². The van der Waals surface area contributed by atoms with Crippen LogP contribution in [0, 0.1) is 0 Å². The first kappa shape index (κ1) is 13.5. The predicted molar refractivity (Wildman–Crippen MR) is 51.9 cm³/mol. The summed E-state index contributed by atoms with van der Waals surface area (Å²) in [5.41, 5.74) is 0.787. The fourth-order valence-electron chi connectivity index (χ4n) is 1.02. The van der Waals surface area contributed by atoms with Gasteiger partial charge in [0.05, 0.1) is 12.8 Å². The van der Waals surface area contributed by atoms with Gasteiger partial charge < -0.3 is 10.1 Å². The summed E-state index contributed by atoms with van der Waals surface area (Å²) in [7, 11) is 0. The van der Waals surface area contributed by atoms with E-state index in [1.807, 2.05) is 0 Å². The van der Waals surface area contributed by atoms with E-state index in [0.717, 1.165) is 5.56 Å². The van der Waals surface area contributed by atoms with Gasteiger partial charge in [0, 0.05) is 24.7 Å². The Labute approximate surface area is 95.3 Å². The molecule has 1 rings (SSSR count). The SMILES string of the molecule is O=C(CCOCC(F)(F)F)NCc1cn[nH]c1. The molecule has 1 aromatic heterocycles. The third kappa shape index (κ3) is 6.56. The van der Waals surface area contributed by atoms with Crippen molar-refractivity contribution in [1.82, 2.24) is 15.5 Å². The molecule has 0 radical (unpaired) electrons. The minimum Gasteiger partial charge on any atom is -0.372 e. The maximum absolute atomic E-state index is 11.7. The van der Waals surface area contributed by atoms with E-state index >= 15 is 0 Å². The Hall–Kier alpha value is -1.57. The molecule has 0 saturated heterocycles. The maximum Gasteiger partial charge on any atom is 0.411 e. The molecule has 17 heavy (non-hydrogen) atoms. The molecule has 0 saturated carbocycles. The first-order valence-electron chi connectivity index (χ1n) is 4.86. The topological polar surface area (TPSA) is 67.0 Å². The highest BCUT2D eigenvalue weighted by Gasteiger charge is 2.27. The fraction of sp³-hybridized carbons (Fsp3) is 0.556. The van der Waals surface area contributed by atoms with Gasteiger partial charge in [-0.15, -0.1) is 0 Å². The van der Waals surface area contributed by atoms with Crippen molar-refractivity contribution >= 4 is 5.91 Å². The molecule has 0 spiro atoms. The zero-order valence-corrected chi connectivity index (χ0v) is 8.88. The van der Waals surface area contributed by atoms with Crippen LogP contribution in [-0.4, -0.2) is 35.5 Å². The van der Waals surface area contributed by atoms with Crippen molar-refractivity contribution in [2.24, 2.45) is 0 Å². The van der Waals surface area contributed by atoms with Crippen LogP contribution in [0.4, 0.5) is 13.2 Å². The van der Waals surface area contributed by atoms with Gasteiger partial charge in [-0.1, -0.05) is 0 Å². The van der Waals surface area contributed by atoms with E-state index in [4.69, 9.17) is 0 Å². The summed E-state index contributed by atoms with van der Waals surface area (Å²) in [5, 5.41) is 8.77. The van der Waals surface area contributed by atoms with Crippen LogP contribution >= 0.6 is 0 Å². The van der Waals surface area contributed by atoms with Crippen LogP contribution in [0.25, 0.3) is 0 Å². The molecule has 0 aromatic carbocycles. The summed E-state index contributed by atoms with van der Waals surface area (Å²) in [6.07, 6.45) is -1.30. The lowest BCUT2D eigenvalue weighted by atomic mass is 10.3. The highest BCUT2D eigenvalue weighted by molar-refractivity contribution is 5.75. The van der Waals surface area contributed by atoms with Crippen molar-refractivity contribution in [2.45, 2.75) is 19.1 Å². The molecule has 5 nitrogen and oxygen atoms in total. The van der Waals surface area contributed by atoms with Crippen molar-refractivity contribution in [2.75, 3.05) is 13.2 Å². The number of amides is 1. The minimum absolute atomic E-state index is 0.103. The summed E-state index contributed by atoms with van der Waals surface area (Å²) in [6, 6.07) is 0. The van der Waals surface area contributed by atoms with Crippen molar-refractivity contribution in [3.63, 3.8) is 0 Å². The third-order valence-corrected chi connectivity index (χ3v) is 1.78. The molecule has 1 heterocycles. The fourth-order valence-corrected chi connectivity index (χ4v) is 1.02. The number of nitrogens with one attached hydrogen (secondary N) is 2. The lowest BCUT2D eigenvalue weighted by Crippen LogP contribution is -2.25. The van der Waals surface area contributed by atoms with Crippen molar-refractivity contribution in [1.29, 1.82) is 0 Å². The van der Waals surface area contributed by atoms with Crippen LogP contribution in [0.2, 0.25) is 0 Å². The van der Waals surface area contributed by atoms with E-state index in [1.165, 1.54) is 0 Å². The highest BCUT2D eigenvalue weighted by Crippen LogP contribution is 2.14. The predicted octanol–water partition coefficient (Wildman–Crippen LogP) is 0.995. The van der Waals surface area contributed by atoms with E-state index in [1.54, 1.807) is 12.4 Å². The summed E-state index contributed by atoms with van der Waals surface area (Å²) in [4.78, 5) is 11.2. The number of carbonyl (C=O) groups is 1. The Morgan fingerprint density at radius 3 is 2.88 bits per heavy atom. The summed E-state index contributed by atoms with van der Waals surface area (Å²) in [6.45, 7) is -1.30. The second kappa shape index (κ2) is 6.24. The Morgan fingerprint density at radius 1 is 1.53 bits per heavy atom. The molecule has 8 heteroatoms. The summed E-state index contributed by atoms with van der Waals surface area (Å²) < 4.78 is 39.3. The standard InChI is InChI=1S/C9H12F3N3O2/c10-9(11,12)6-17-2-1-8(16)13-3-7-4-14-15-5-7/h4-5H,1-3,6H2,(H,13,16)(H,14,15). The quantitative estimate of drug-likeness (QED) is 0.741. The van der Waals surface area contributed by atoms with Crippen LogP contribution in [0.1, 0.15) is 12.0 Å². The van der Waals surface area contributed by atoms with Crippen molar-refractivity contribution in [3.05, 3.63) is 18.0 Å². The van der Waals surface area contributed by atoms with Crippen LogP contribution in [0.3, 0.4) is 0 Å². The molecule has 0 atom stereocenters. The molecule has 0 aliphatic rings. The summed E-state index contributed by atoms with van der Waals surface area (Å²) >= 11 is 0. The Bertz CT molecular complexity index is 338. The van der Waals surface area contributed by atoms with Gasteiger partial charge in [0.1, 0.15) is 6.61 Å². The van der Waals surface area contributed by atoms with Crippen LogP contribution in [-0.2, 0) is 16.1 Å². The molecule has 1 aromatic rings. The van der Waals surface area contributed by atoms with E-state index < -0.39 is 12.8 Å². The number of hydrogen-bond donors (Lipinski definition) is 2. The molecular formula is C9H12F3N3O2. The van der Waals surface area contributed by atoms with Gasteiger partial charge in [-0.2, -0.15) is 18.3 Å². The second-order valence-corrected chi connectivity index (χ2v) is 3.30. The highest BCUT2D eigenvalue weighted by atomic mass is 19.4. The van der Waals surface area contributed by atoms with Crippen molar-refractivity contribution < 1.29 is 22.7 Å². The van der Waals surface area contributed by atoms with Gasteiger partial charge in [-0.25, -0.2) is 0 Å². The monoisotopic (exact) mass is 251 g/mol. The van der Waals surface area contributed by atoms with E-state index in [9.17, 15) is 18.0 Å². The Balaban J connectivity index is 2.06. The molecule has 0 aliphatic carbocycles. The van der Waals surface area contributed by atoms with Crippen molar-refractivity contribution in [3.8, 4) is 0 Å². The van der Waals surface area contributed by atoms with Gasteiger partial charge in [-0.3, -0.25) is 9.89 Å². The number of carbonyl (C=O) groups excluding carboxylic acids is 1. The largest absolute Gasteiger partial charge is 0.411 e. The van der Waals surface area contributed by atoms with E-state index in [2.05, 4.69) is 20.3 Å². The lowest BCUT2D eigenvalue weighted by molar-refractivity contribution is -0.174. The summed E-state index contributed by atoms with van der Waals surface area (Å²) in [5.74, 6) is -0.367. The number of H-pyrrole nitrogens is 1. The van der Waals surface area contributed by atoms with Gasteiger partial charge in [-0.05, 0) is 0 Å². The lowest BCUT2D eigenvalue weighted by Gasteiger charge is -2.07. The number of aromatic amines is 1. The number of alkyl halides is 3. The van der Waals surface area contributed by atoms with E-state index in [0.29, 0.717) is 0 Å². The average molecular weight is 251 g/mol. The zero-order valence-electron chi connectivity index (χ0n) is 8.88. The van der Waals surface area contributed by atoms with Crippen LogP contribution < -0.4 is 5.32 Å². The number of hydrogen-bond acceptors (Lipinski definition) is 3. The number of ether oxygens (including phenoxy) is 1.